The minimum atomic E-state index is 0.261. The van der Waals surface area contributed by atoms with Crippen LogP contribution in [0.2, 0.25) is 0 Å². The predicted molar refractivity (Wildman–Crippen MR) is 79.7 cm³/mol. The van der Waals surface area contributed by atoms with E-state index in [1.165, 1.54) is 11.1 Å². The van der Waals surface area contributed by atoms with Crippen molar-refractivity contribution < 1.29 is 9.47 Å². The average Bonchev–Trinajstić information content (AvgIpc) is 2.36. The first-order valence-electron chi connectivity index (χ1n) is 6.82. The fraction of sp³-hybridized carbons (Fsp3) is 0.625. The van der Waals surface area contributed by atoms with Crippen LogP contribution in [0.5, 0.6) is 5.75 Å². The topological polar surface area (TPSA) is 30.5 Å². The quantitative estimate of drug-likeness (QED) is 0.783. The van der Waals surface area contributed by atoms with Crippen LogP contribution >= 0.6 is 0 Å². The van der Waals surface area contributed by atoms with E-state index < -0.39 is 0 Å². The lowest BCUT2D eigenvalue weighted by Crippen LogP contribution is -2.30. The van der Waals surface area contributed by atoms with E-state index in [1.54, 1.807) is 14.2 Å². The zero-order valence-electron chi connectivity index (χ0n) is 12.9. The predicted octanol–water partition coefficient (Wildman–Crippen LogP) is 3.16. The third kappa shape index (κ3) is 5.62. The van der Waals surface area contributed by atoms with Crippen molar-refractivity contribution in [2.45, 2.75) is 33.7 Å². The van der Waals surface area contributed by atoms with Gasteiger partial charge in [0.25, 0.3) is 0 Å². The Kier molecular flexibility index (Phi) is 6.32. The smallest absolute Gasteiger partial charge is 0.121 e. The highest BCUT2D eigenvalue weighted by Crippen LogP contribution is 2.20. The molecule has 19 heavy (non-hydrogen) atoms. The van der Waals surface area contributed by atoms with Crippen LogP contribution < -0.4 is 10.1 Å². The molecule has 0 fully saturated rings. The fourth-order valence-electron chi connectivity index (χ4n) is 2.06. The first-order chi connectivity index (χ1) is 8.98. The van der Waals surface area contributed by atoms with E-state index in [9.17, 15) is 0 Å². The van der Waals surface area contributed by atoms with E-state index in [-0.39, 0.29) is 5.41 Å². The first-order valence-corrected chi connectivity index (χ1v) is 6.82. The van der Waals surface area contributed by atoms with Crippen molar-refractivity contribution in [2.24, 2.45) is 5.41 Å². The summed E-state index contributed by atoms with van der Waals surface area (Å²) in [6.45, 7) is 9.29. The molecule has 1 aromatic rings. The first kappa shape index (κ1) is 16.0. The van der Waals surface area contributed by atoms with Gasteiger partial charge >= 0.3 is 0 Å². The second kappa shape index (κ2) is 7.51. The van der Waals surface area contributed by atoms with Crippen LogP contribution in [0.4, 0.5) is 0 Å². The molecule has 0 radical (unpaired) electrons. The Hall–Kier alpha value is -1.06. The monoisotopic (exact) mass is 265 g/mol. The summed E-state index contributed by atoms with van der Waals surface area (Å²) in [7, 11) is 3.46. The third-order valence-electron chi connectivity index (χ3n) is 3.37. The summed E-state index contributed by atoms with van der Waals surface area (Å²) in [5.74, 6) is 0.948. The number of rotatable bonds is 8. The molecule has 0 aromatic heterocycles. The molecule has 0 amide bonds. The minimum Gasteiger partial charge on any atom is -0.496 e. The largest absolute Gasteiger partial charge is 0.496 e. The van der Waals surface area contributed by atoms with Crippen LogP contribution in [-0.4, -0.2) is 27.4 Å². The number of nitrogens with one attached hydrogen (secondary N) is 1. The van der Waals surface area contributed by atoms with Gasteiger partial charge < -0.3 is 14.8 Å². The van der Waals surface area contributed by atoms with Crippen molar-refractivity contribution in [3.63, 3.8) is 0 Å². The van der Waals surface area contributed by atoms with E-state index >= 15 is 0 Å². The van der Waals surface area contributed by atoms with Crippen LogP contribution in [0.1, 0.15) is 31.4 Å². The van der Waals surface area contributed by atoms with Gasteiger partial charge in [-0.05, 0) is 36.0 Å². The number of benzene rings is 1. The van der Waals surface area contributed by atoms with Gasteiger partial charge in [-0.3, -0.25) is 0 Å². The molecule has 1 N–H and O–H groups in total. The summed E-state index contributed by atoms with van der Waals surface area (Å²) in [5.41, 5.74) is 2.73. The maximum Gasteiger partial charge on any atom is 0.121 e. The Morgan fingerprint density at radius 2 is 1.95 bits per heavy atom. The van der Waals surface area contributed by atoms with Gasteiger partial charge in [-0.15, -0.1) is 0 Å². The molecule has 1 rings (SSSR count). The van der Waals surface area contributed by atoms with Crippen molar-refractivity contribution in [1.29, 1.82) is 0 Å². The van der Waals surface area contributed by atoms with E-state index in [0.717, 1.165) is 31.9 Å². The Balaban J connectivity index is 2.42. The lowest BCUT2D eigenvalue weighted by Gasteiger charge is -2.24. The minimum absolute atomic E-state index is 0.261. The standard InChI is InChI=1S/C16H27NO2/c1-13-10-14(6-7-15(13)19-5)11-17-12-16(2,3)8-9-18-4/h6-7,10,17H,8-9,11-12H2,1-5H3. The molecule has 0 unspecified atom stereocenters. The molecule has 0 bridgehead atoms. The summed E-state index contributed by atoms with van der Waals surface area (Å²) in [6, 6.07) is 6.32. The Labute approximate surface area is 117 Å². The van der Waals surface area contributed by atoms with Crippen molar-refractivity contribution >= 4 is 0 Å². The molecule has 0 saturated heterocycles. The second-order valence-electron chi connectivity index (χ2n) is 5.81. The van der Waals surface area contributed by atoms with E-state index in [0.29, 0.717) is 0 Å². The number of methoxy groups -OCH3 is 2. The highest BCUT2D eigenvalue weighted by molar-refractivity contribution is 5.36. The highest BCUT2D eigenvalue weighted by Gasteiger charge is 2.16. The summed E-state index contributed by atoms with van der Waals surface area (Å²) >= 11 is 0. The molecular weight excluding hydrogens is 238 g/mol. The average molecular weight is 265 g/mol. The molecule has 0 saturated carbocycles. The highest BCUT2D eigenvalue weighted by atomic mass is 16.5. The van der Waals surface area contributed by atoms with Gasteiger partial charge in [0, 0.05) is 26.8 Å². The van der Waals surface area contributed by atoms with Crippen LogP contribution in [0, 0.1) is 12.3 Å². The molecule has 0 aliphatic carbocycles. The van der Waals surface area contributed by atoms with Crippen LogP contribution in [0.25, 0.3) is 0 Å². The maximum atomic E-state index is 5.27. The lowest BCUT2D eigenvalue weighted by atomic mass is 9.89. The zero-order valence-corrected chi connectivity index (χ0v) is 12.9. The number of ether oxygens (including phenoxy) is 2. The summed E-state index contributed by atoms with van der Waals surface area (Å²) < 4.78 is 10.4. The number of hydrogen-bond acceptors (Lipinski definition) is 3. The summed E-state index contributed by atoms with van der Waals surface area (Å²) in [6.07, 6.45) is 1.07. The molecule has 0 aliphatic heterocycles. The molecule has 3 nitrogen and oxygen atoms in total. The summed E-state index contributed by atoms with van der Waals surface area (Å²) in [5, 5.41) is 3.52. The van der Waals surface area contributed by atoms with Crippen molar-refractivity contribution in [2.75, 3.05) is 27.4 Å². The third-order valence-corrected chi connectivity index (χ3v) is 3.37. The summed E-state index contributed by atoms with van der Waals surface area (Å²) in [4.78, 5) is 0. The van der Waals surface area contributed by atoms with Crippen LogP contribution in [0.3, 0.4) is 0 Å². The van der Waals surface area contributed by atoms with Crippen molar-refractivity contribution in [3.8, 4) is 5.75 Å². The SMILES string of the molecule is COCCC(C)(C)CNCc1ccc(OC)c(C)c1. The van der Waals surface area contributed by atoms with Crippen molar-refractivity contribution in [3.05, 3.63) is 29.3 Å². The number of aryl methyl sites for hydroxylation is 1. The molecule has 3 heteroatoms. The fourth-order valence-corrected chi connectivity index (χ4v) is 2.06. The zero-order chi connectivity index (χ0) is 14.3. The Bertz CT molecular complexity index is 388. The lowest BCUT2D eigenvalue weighted by molar-refractivity contribution is 0.150. The molecule has 108 valence electrons. The van der Waals surface area contributed by atoms with Crippen LogP contribution in [0.15, 0.2) is 18.2 Å². The molecule has 0 heterocycles. The molecular formula is C16H27NO2. The molecule has 1 aromatic carbocycles. The van der Waals surface area contributed by atoms with Gasteiger partial charge in [-0.25, -0.2) is 0 Å². The van der Waals surface area contributed by atoms with Gasteiger partial charge in [-0.1, -0.05) is 26.0 Å². The molecule has 0 aliphatic rings. The van der Waals surface area contributed by atoms with Gasteiger partial charge in [0.05, 0.1) is 7.11 Å². The Morgan fingerprint density at radius 3 is 2.53 bits per heavy atom. The van der Waals surface area contributed by atoms with E-state index in [4.69, 9.17) is 9.47 Å². The normalized spacial score (nSPS) is 11.6. The van der Waals surface area contributed by atoms with Gasteiger partial charge in [-0.2, -0.15) is 0 Å². The second-order valence-corrected chi connectivity index (χ2v) is 5.81. The molecule has 0 atom stereocenters. The van der Waals surface area contributed by atoms with Crippen molar-refractivity contribution in [1.82, 2.24) is 5.32 Å². The van der Waals surface area contributed by atoms with Gasteiger partial charge in [0.15, 0.2) is 0 Å². The van der Waals surface area contributed by atoms with E-state index in [1.807, 2.05) is 6.07 Å². The van der Waals surface area contributed by atoms with Crippen LogP contribution in [-0.2, 0) is 11.3 Å². The van der Waals surface area contributed by atoms with E-state index in [2.05, 4.69) is 38.2 Å². The van der Waals surface area contributed by atoms with Gasteiger partial charge in [0.2, 0.25) is 0 Å². The molecule has 0 spiro atoms. The number of hydrogen-bond donors (Lipinski definition) is 1. The Morgan fingerprint density at radius 1 is 1.21 bits per heavy atom. The maximum absolute atomic E-state index is 5.27. The van der Waals surface area contributed by atoms with Gasteiger partial charge in [0.1, 0.15) is 5.75 Å².